The van der Waals surface area contributed by atoms with Crippen LogP contribution in [0.25, 0.3) is 0 Å². The second-order valence-electron chi connectivity index (χ2n) is 4.05. The van der Waals surface area contributed by atoms with Crippen molar-refractivity contribution in [2.24, 2.45) is 0 Å². The maximum Gasteiger partial charge on any atom is 0.324 e. The van der Waals surface area contributed by atoms with Crippen LogP contribution in [0.1, 0.15) is 20.8 Å². The number of carboxylic acid groups (broad SMARTS) is 1. The van der Waals surface area contributed by atoms with E-state index in [1.165, 1.54) is 0 Å². The van der Waals surface area contributed by atoms with Crippen molar-refractivity contribution >= 4 is 16.2 Å². The minimum absolute atomic E-state index is 0.718. The summed E-state index contributed by atoms with van der Waals surface area (Å²) < 4.78 is 26.7. The highest BCUT2D eigenvalue weighted by atomic mass is 32.2. The smallest absolute Gasteiger partial charge is 0.324 e. The summed E-state index contributed by atoms with van der Waals surface area (Å²) in [6, 6.07) is -1.54. The van der Waals surface area contributed by atoms with Crippen LogP contribution in [0.2, 0.25) is 0 Å². The Morgan fingerprint density at radius 2 is 1.87 bits per heavy atom. The van der Waals surface area contributed by atoms with Gasteiger partial charge in [-0.05, 0) is 20.8 Å². The first-order valence-electron chi connectivity index (χ1n) is 4.22. The molecular weight excluding hydrogens is 224 g/mol. The maximum absolute atomic E-state index is 11.3. The van der Waals surface area contributed by atoms with Crippen LogP contribution in [0.5, 0.6) is 0 Å². The van der Waals surface area contributed by atoms with Gasteiger partial charge in [-0.25, -0.2) is 0 Å². The van der Waals surface area contributed by atoms with Crippen LogP contribution in [-0.2, 0) is 15.0 Å². The third-order valence-electron chi connectivity index (χ3n) is 1.22. The molecule has 0 fully saturated rings. The summed E-state index contributed by atoms with van der Waals surface area (Å²) in [6.45, 7) is 4.03. The van der Waals surface area contributed by atoms with Gasteiger partial charge in [-0.1, -0.05) is 0 Å². The largest absolute Gasteiger partial charge is 0.480 e. The molecule has 0 aromatic heterocycles. The van der Waals surface area contributed by atoms with Crippen LogP contribution < -0.4 is 9.44 Å². The van der Waals surface area contributed by atoms with E-state index >= 15 is 0 Å². The number of hydrogen-bond acceptors (Lipinski definition) is 4. The average Bonchev–Trinajstić information content (AvgIpc) is 1.94. The number of nitrogens with one attached hydrogen (secondary N) is 2. The molecule has 8 heteroatoms. The Labute approximate surface area is 88.7 Å². The second-order valence-corrected chi connectivity index (χ2v) is 5.49. The van der Waals surface area contributed by atoms with Crippen LogP contribution >= 0.6 is 0 Å². The molecule has 0 amide bonds. The zero-order valence-electron chi connectivity index (χ0n) is 8.81. The molecule has 1 atom stereocenters. The van der Waals surface area contributed by atoms with Crippen molar-refractivity contribution in [3.05, 3.63) is 0 Å². The van der Waals surface area contributed by atoms with Gasteiger partial charge in [0.1, 0.15) is 6.04 Å². The Balaban J connectivity index is 4.57. The number of aliphatic hydroxyl groups is 1. The van der Waals surface area contributed by atoms with Crippen molar-refractivity contribution in [2.75, 3.05) is 6.61 Å². The van der Waals surface area contributed by atoms with Crippen molar-refractivity contribution in [3.63, 3.8) is 0 Å². The van der Waals surface area contributed by atoms with Crippen LogP contribution in [0.3, 0.4) is 0 Å². The molecule has 0 heterocycles. The monoisotopic (exact) mass is 240 g/mol. The van der Waals surface area contributed by atoms with Crippen LogP contribution in [0, 0.1) is 0 Å². The van der Waals surface area contributed by atoms with E-state index in [2.05, 4.69) is 4.72 Å². The normalized spacial score (nSPS) is 14.9. The first-order chi connectivity index (χ1) is 6.57. The fourth-order valence-electron chi connectivity index (χ4n) is 0.786. The number of hydrogen-bond donors (Lipinski definition) is 4. The van der Waals surface area contributed by atoms with Crippen LogP contribution in [0.15, 0.2) is 0 Å². The van der Waals surface area contributed by atoms with Crippen LogP contribution in [0.4, 0.5) is 0 Å². The van der Waals surface area contributed by atoms with Crippen molar-refractivity contribution in [2.45, 2.75) is 32.4 Å². The first kappa shape index (κ1) is 14.3. The zero-order valence-corrected chi connectivity index (χ0v) is 9.63. The Morgan fingerprint density at radius 1 is 1.40 bits per heavy atom. The summed E-state index contributed by atoms with van der Waals surface area (Å²) >= 11 is 0. The van der Waals surface area contributed by atoms with Crippen LogP contribution in [-0.4, -0.2) is 42.8 Å². The Kier molecular flexibility index (Phi) is 4.65. The van der Waals surface area contributed by atoms with E-state index in [9.17, 15) is 13.2 Å². The van der Waals surface area contributed by atoms with E-state index in [1.807, 2.05) is 4.72 Å². The molecule has 0 spiro atoms. The first-order valence-corrected chi connectivity index (χ1v) is 5.70. The molecular formula is C7H16N2O5S. The summed E-state index contributed by atoms with van der Waals surface area (Å²) in [6.07, 6.45) is 0. The lowest BCUT2D eigenvalue weighted by atomic mass is 10.1. The SMILES string of the molecule is CC(C)(C)NS(=O)(=O)N[C@H](CO)C(=O)O. The Hall–Kier alpha value is -0.700. The molecule has 0 aromatic rings. The molecule has 0 rings (SSSR count). The van der Waals surface area contributed by atoms with Crippen molar-refractivity contribution in [3.8, 4) is 0 Å². The standard InChI is InChI=1S/C7H16N2O5S/c1-7(2,3)9-15(13,14)8-5(4-10)6(11)12/h5,8-10H,4H2,1-3H3,(H,11,12)/t5-/m1/s1. The van der Waals surface area contributed by atoms with E-state index in [0.29, 0.717) is 0 Å². The fourth-order valence-corrected chi connectivity index (χ4v) is 2.20. The Bertz CT molecular complexity index is 319. The number of rotatable bonds is 5. The van der Waals surface area contributed by atoms with Crippen molar-refractivity contribution in [1.29, 1.82) is 0 Å². The molecule has 0 aliphatic rings. The topological polar surface area (TPSA) is 116 Å². The van der Waals surface area contributed by atoms with E-state index in [0.717, 1.165) is 0 Å². The third-order valence-corrected chi connectivity index (χ3v) is 2.69. The molecule has 0 aliphatic carbocycles. The molecule has 15 heavy (non-hydrogen) atoms. The molecule has 0 saturated heterocycles. The molecule has 0 aromatic carbocycles. The summed E-state index contributed by atoms with van der Waals surface area (Å²) in [7, 11) is -3.94. The predicted molar refractivity (Wildman–Crippen MR) is 53.5 cm³/mol. The van der Waals surface area contributed by atoms with Gasteiger partial charge in [0.25, 0.3) is 10.2 Å². The minimum atomic E-state index is -3.94. The number of aliphatic hydroxyl groups excluding tert-OH is 1. The van der Waals surface area contributed by atoms with Gasteiger partial charge in [0.15, 0.2) is 0 Å². The molecule has 90 valence electrons. The molecule has 0 saturated carbocycles. The van der Waals surface area contributed by atoms with Gasteiger partial charge in [-0.15, -0.1) is 0 Å². The molecule has 0 radical (unpaired) electrons. The van der Waals surface area contributed by atoms with Gasteiger partial charge in [0, 0.05) is 5.54 Å². The van der Waals surface area contributed by atoms with E-state index in [-0.39, 0.29) is 0 Å². The lowest BCUT2D eigenvalue weighted by molar-refractivity contribution is -0.139. The molecule has 0 aliphatic heterocycles. The molecule has 0 unspecified atom stereocenters. The highest BCUT2D eigenvalue weighted by Gasteiger charge is 2.26. The van der Waals surface area contributed by atoms with Gasteiger partial charge >= 0.3 is 5.97 Å². The maximum atomic E-state index is 11.3. The van der Waals surface area contributed by atoms with Crippen molar-refractivity contribution in [1.82, 2.24) is 9.44 Å². The lowest BCUT2D eigenvalue weighted by Crippen LogP contribution is -2.52. The van der Waals surface area contributed by atoms with Gasteiger partial charge in [-0.3, -0.25) is 4.79 Å². The molecule has 4 N–H and O–H groups in total. The quantitative estimate of drug-likeness (QED) is 0.474. The summed E-state index contributed by atoms with van der Waals surface area (Å²) in [5.74, 6) is -1.43. The van der Waals surface area contributed by atoms with Gasteiger partial charge in [-0.2, -0.15) is 17.9 Å². The Morgan fingerprint density at radius 3 is 2.13 bits per heavy atom. The second kappa shape index (κ2) is 4.88. The van der Waals surface area contributed by atoms with Gasteiger partial charge in [0.05, 0.1) is 6.61 Å². The summed E-state index contributed by atoms with van der Waals surface area (Å²) in [5.41, 5.74) is -0.718. The lowest BCUT2D eigenvalue weighted by Gasteiger charge is -2.22. The third kappa shape index (κ3) is 6.39. The minimum Gasteiger partial charge on any atom is -0.480 e. The van der Waals surface area contributed by atoms with Crippen molar-refractivity contribution < 1.29 is 23.4 Å². The summed E-state index contributed by atoms with van der Waals surface area (Å²) in [5, 5.41) is 17.1. The average molecular weight is 240 g/mol. The van der Waals surface area contributed by atoms with E-state index in [4.69, 9.17) is 10.2 Å². The highest BCUT2D eigenvalue weighted by molar-refractivity contribution is 7.87. The van der Waals surface area contributed by atoms with E-state index in [1.54, 1.807) is 20.8 Å². The number of carbonyl (C=O) groups is 1. The van der Waals surface area contributed by atoms with Gasteiger partial charge < -0.3 is 10.2 Å². The van der Waals surface area contributed by atoms with Gasteiger partial charge in [0.2, 0.25) is 0 Å². The highest BCUT2D eigenvalue weighted by Crippen LogP contribution is 2.01. The zero-order chi connectivity index (χ0) is 12.3. The molecule has 0 bridgehead atoms. The number of aliphatic carboxylic acids is 1. The molecule has 7 nitrogen and oxygen atoms in total. The predicted octanol–water partition coefficient (Wildman–Crippen LogP) is -1.35. The fraction of sp³-hybridized carbons (Fsp3) is 0.857. The van der Waals surface area contributed by atoms with E-state index < -0.39 is 34.4 Å². The number of carboxylic acids is 1. The summed E-state index contributed by atoms with van der Waals surface area (Å²) in [4.78, 5) is 10.5.